The van der Waals surface area contributed by atoms with Crippen molar-refractivity contribution in [1.29, 1.82) is 0 Å². The van der Waals surface area contributed by atoms with Gasteiger partial charge in [0, 0.05) is 12.3 Å². The fourth-order valence-corrected chi connectivity index (χ4v) is 3.05. The van der Waals surface area contributed by atoms with Crippen molar-refractivity contribution in [3.05, 3.63) is 95.1 Å². The van der Waals surface area contributed by atoms with Gasteiger partial charge in [-0.05, 0) is 41.3 Å². The lowest BCUT2D eigenvalue weighted by Gasteiger charge is -2.15. The van der Waals surface area contributed by atoms with E-state index in [0.717, 1.165) is 40.2 Å². The zero-order chi connectivity index (χ0) is 18.2. The Morgan fingerprint density at radius 3 is 2.23 bits per heavy atom. The molecule has 0 radical (unpaired) electrons. The minimum Gasteiger partial charge on any atom is -0.494 e. The van der Waals surface area contributed by atoms with E-state index in [1.54, 1.807) is 0 Å². The molecule has 0 bridgehead atoms. The first-order valence-corrected chi connectivity index (χ1v) is 9.38. The Hall–Kier alpha value is -2.45. The third kappa shape index (κ3) is 4.80. The Kier molecular flexibility index (Phi) is 6.56. The zero-order valence-electron chi connectivity index (χ0n) is 15.0. The van der Waals surface area contributed by atoms with Gasteiger partial charge in [-0.1, -0.05) is 60.7 Å². The van der Waals surface area contributed by atoms with Gasteiger partial charge >= 0.3 is 0 Å². The van der Waals surface area contributed by atoms with E-state index in [1.165, 1.54) is 0 Å². The van der Waals surface area contributed by atoms with Gasteiger partial charge in [-0.3, -0.25) is 0 Å². The van der Waals surface area contributed by atoms with Gasteiger partial charge in [0.25, 0.3) is 0 Å². The standard InChI is InChI=1S/C23H23ClO2/c1-2-25-22-11-7-6-10-20(22)15-21-14-19(16-24)12-13-23(21)26-17-18-8-4-3-5-9-18/h3-14H,2,15-17H2,1H3. The quantitative estimate of drug-likeness (QED) is 0.455. The Bertz CT molecular complexity index is 831. The minimum atomic E-state index is 0.485. The van der Waals surface area contributed by atoms with E-state index in [9.17, 15) is 0 Å². The Balaban J connectivity index is 1.85. The Morgan fingerprint density at radius 2 is 1.46 bits per heavy atom. The Labute approximate surface area is 160 Å². The van der Waals surface area contributed by atoms with E-state index >= 15 is 0 Å². The van der Waals surface area contributed by atoms with Crippen molar-refractivity contribution in [3.63, 3.8) is 0 Å². The molecular formula is C23H23ClO2. The molecule has 3 heteroatoms. The summed E-state index contributed by atoms with van der Waals surface area (Å²) in [6.07, 6.45) is 0.741. The lowest BCUT2D eigenvalue weighted by atomic mass is 10.0. The van der Waals surface area contributed by atoms with Crippen LogP contribution in [0.25, 0.3) is 0 Å². The molecule has 0 fully saturated rings. The number of hydrogen-bond acceptors (Lipinski definition) is 2. The van der Waals surface area contributed by atoms with Gasteiger partial charge in [0.1, 0.15) is 18.1 Å². The van der Waals surface area contributed by atoms with Crippen molar-refractivity contribution in [1.82, 2.24) is 0 Å². The topological polar surface area (TPSA) is 18.5 Å². The van der Waals surface area contributed by atoms with Crippen LogP contribution < -0.4 is 9.47 Å². The largest absolute Gasteiger partial charge is 0.494 e. The molecule has 0 aliphatic carbocycles. The van der Waals surface area contributed by atoms with Crippen molar-refractivity contribution in [2.75, 3.05) is 6.61 Å². The summed E-state index contributed by atoms with van der Waals surface area (Å²) >= 11 is 6.04. The summed E-state index contributed by atoms with van der Waals surface area (Å²) in [4.78, 5) is 0. The lowest BCUT2D eigenvalue weighted by molar-refractivity contribution is 0.303. The number of rotatable bonds is 8. The molecule has 26 heavy (non-hydrogen) atoms. The van der Waals surface area contributed by atoms with Crippen LogP contribution in [0, 0.1) is 0 Å². The lowest BCUT2D eigenvalue weighted by Crippen LogP contribution is -2.02. The van der Waals surface area contributed by atoms with E-state index < -0.39 is 0 Å². The van der Waals surface area contributed by atoms with Gasteiger partial charge in [-0.25, -0.2) is 0 Å². The first-order chi connectivity index (χ1) is 12.8. The van der Waals surface area contributed by atoms with Crippen molar-refractivity contribution in [2.24, 2.45) is 0 Å². The van der Waals surface area contributed by atoms with Crippen molar-refractivity contribution in [3.8, 4) is 11.5 Å². The third-order valence-corrected chi connectivity index (χ3v) is 4.48. The first-order valence-electron chi connectivity index (χ1n) is 8.85. The number of benzene rings is 3. The molecule has 0 unspecified atom stereocenters. The molecule has 0 aliphatic heterocycles. The zero-order valence-corrected chi connectivity index (χ0v) is 15.7. The monoisotopic (exact) mass is 366 g/mol. The van der Waals surface area contributed by atoms with Crippen LogP contribution in [0.2, 0.25) is 0 Å². The summed E-state index contributed by atoms with van der Waals surface area (Å²) < 4.78 is 11.9. The first kappa shape index (κ1) is 18.3. The fraction of sp³-hybridized carbons (Fsp3) is 0.217. The highest BCUT2D eigenvalue weighted by molar-refractivity contribution is 6.17. The smallest absolute Gasteiger partial charge is 0.123 e. The van der Waals surface area contributed by atoms with Crippen LogP contribution in [-0.4, -0.2) is 6.61 Å². The normalized spacial score (nSPS) is 10.5. The molecule has 0 saturated carbocycles. The second kappa shape index (κ2) is 9.30. The van der Waals surface area contributed by atoms with Gasteiger partial charge in [-0.2, -0.15) is 0 Å². The third-order valence-electron chi connectivity index (χ3n) is 4.17. The molecule has 0 atom stereocenters. The van der Waals surface area contributed by atoms with Crippen molar-refractivity contribution in [2.45, 2.75) is 25.8 Å². The second-order valence-corrected chi connectivity index (χ2v) is 6.33. The maximum absolute atomic E-state index is 6.11. The SMILES string of the molecule is CCOc1ccccc1Cc1cc(CCl)ccc1OCc1ccccc1. The highest BCUT2D eigenvalue weighted by atomic mass is 35.5. The van der Waals surface area contributed by atoms with Gasteiger partial charge in [0.2, 0.25) is 0 Å². The van der Waals surface area contributed by atoms with Crippen LogP contribution in [0.5, 0.6) is 11.5 Å². The van der Waals surface area contributed by atoms with E-state index in [1.807, 2.05) is 55.5 Å². The Morgan fingerprint density at radius 1 is 0.731 bits per heavy atom. The number of alkyl halides is 1. The molecular weight excluding hydrogens is 344 g/mol. The highest BCUT2D eigenvalue weighted by Crippen LogP contribution is 2.28. The fourth-order valence-electron chi connectivity index (χ4n) is 2.88. The second-order valence-electron chi connectivity index (χ2n) is 6.07. The molecule has 3 rings (SSSR count). The van der Waals surface area contributed by atoms with E-state index in [4.69, 9.17) is 21.1 Å². The van der Waals surface area contributed by atoms with Gasteiger partial charge in [0.05, 0.1) is 6.61 Å². The molecule has 2 nitrogen and oxygen atoms in total. The van der Waals surface area contributed by atoms with Crippen LogP contribution in [0.4, 0.5) is 0 Å². The number of ether oxygens (including phenoxy) is 2. The molecule has 0 heterocycles. The van der Waals surface area contributed by atoms with Crippen molar-refractivity contribution >= 4 is 11.6 Å². The molecule has 134 valence electrons. The number of hydrogen-bond donors (Lipinski definition) is 0. The molecule has 0 spiro atoms. The van der Waals surface area contributed by atoms with Crippen LogP contribution in [0.1, 0.15) is 29.2 Å². The molecule has 3 aromatic rings. The molecule has 0 aromatic heterocycles. The average molecular weight is 367 g/mol. The average Bonchev–Trinajstić information content (AvgIpc) is 2.69. The van der Waals surface area contributed by atoms with Gasteiger partial charge in [0.15, 0.2) is 0 Å². The maximum Gasteiger partial charge on any atom is 0.123 e. The van der Waals surface area contributed by atoms with Crippen LogP contribution in [0.15, 0.2) is 72.8 Å². The van der Waals surface area contributed by atoms with E-state index in [-0.39, 0.29) is 0 Å². The maximum atomic E-state index is 6.11. The van der Waals surface area contributed by atoms with Crippen LogP contribution in [-0.2, 0) is 18.9 Å². The summed E-state index contributed by atoms with van der Waals surface area (Å²) in [6, 6.07) is 24.5. The summed E-state index contributed by atoms with van der Waals surface area (Å²) in [7, 11) is 0. The van der Waals surface area contributed by atoms with Gasteiger partial charge in [-0.15, -0.1) is 11.6 Å². The summed E-state index contributed by atoms with van der Waals surface area (Å²) in [5.41, 5.74) is 4.49. The van der Waals surface area contributed by atoms with E-state index in [0.29, 0.717) is 19.1 Å². The number of para-hydroxylation sites is 1. The van der Waals surface area contributed by atoms with E-state index in [2.05, 4.69) is 24.3 Å². The van der Waals surface area contributed by atoms with Crippen molar-refractivity contribution < 1.29 is 9.47 Å². The molecule has 0 saturated heterocycles. The predicted molar refractivity (Wildman–Crippen MR) is 107 cm³/mol. The minimum absolute atomic E-state index is 0.485. The molecule has 0 N–H and O–H groups in total. The summed E-state index contributed by atoms with van der Waals surface area (Å²) in [5, 5.41) is 0. The molecule has 0 amide bonds. The summed E-state index contributed by atoms with van der Waals surface area (Å²) in [5.74, 6) is 2.29. The predicted octanol–water partition coefficient (Wildman–Crippen LogP) is 5.99. The van der Waals surface area contributed by atoms with Crippen LogP contribution in [0.3, 0.4) is 0 Å². The van der Waals surface area contributed by atoms with Crippen LogP contribution >= 0.6 is 11.6 Å². The summed E-state index contributed by atoms with van der Waals surface area (Å²) in [6.45, 7) is 3.19. The number of halogens is 1. The van der Waals surface area contributed by atoms with Gasteiger partial charge < -0.3 is 9.47 Å². The highest BCUT2D eigenvalue weighted by Gasteiger charge is 2.10. The molecule has 3 aromatic carbocycles. The molecule has 0 aliphatic rings.